The Labute approximate surface area is 61.0 Å². The van der Waals surface area contributed by atoms with E-state index in [9.17, 15) is 0 Å². The molecular weight excluding hydrogens is 132 g/mol. The Hall–Kier alpha value is -0.160. The predicted molar refractivity (Wildman–Crippen MR) is 39.6 cm³/mol. The molecule has 0 aromatic carbocycles. The van der Waals surface area contributed by atoms with E-state index in [4.69, 9.17) is 15.9 Å². The van der Waals surface area contributed by atoms with Gasteiger partial charge in [0.15, 0.2) is 0 Å². The van der Waals surface area contributed by atoms with Crippen LogP contribution in [0.15, 0.2) is 0 Å². The molecule has 1 unspecified atom stereocenters. The summed E-state index contributed by atoms with van der Waals surface area (Å²) < 4.78 is 0. The molecule has 0 saturated carbocycles. The van der Waals surface area contributed by atoms with Crippen molar-refractivity contribution in [2.24, 2.45) is 5.73 Å². The minimum absolute atomic E-state index is 0.0217. The van der Waals surface area contributed by atoms with Gasteiger partial charge in [-0.25, -0.2) is 0 Å². The van der Waals surface area contributed by atoms with Gasteiger partial charge in [0.05, 0.1) is 6.61 Å². The fourth-order valence-electron chi connectivity index (χ4n) is 0.608. The normalized spacial score (nSPS) is 13.5. The van der Waals surface area contributed by atoms with E-state index in [1.807, 2.05) is 0 Å². The zero-order chi connectivity index (χ0) is 7.82. The second kappa shape index (κ2) is 6.95. The van der Waals surface area contributed by atoms with Crippen LogP contribution in [0.5, 0.6) is 0 Å². The molecule has 0 aliphatic heterocycles. The lowest BCUT2D eigenvalue weighted by atomic mass is 10.3. The van der Waals surface area contributed by atoms with Gasteiger partial charge >= 0.3 is 0 Å². The first-order chi connectivity index (χ1) is 4.85. The highest BCUT2D eigenvalue weighted by molar-refractivity contribution is 4.64. The van der Waals surface area contributed by atoms with Crippen molar-refractivity contribution < 1.29 is 10.2 Å². The van der Waals surface area contributed by atoms with Crippen LogP contribution in [0.2, 0.25) is 0 Å². The summed E-state index contributed by atoms with van der Waals surface area (Å²) in [6.07, 6.45) is 0.705. The molecule has 62 valence electrons. The molecule has 0 heterocycles. The van der Waals surface area contributed by atoms with E-state index in [2.05, 4.69) is 5.32 Å². The van der Waals surface area contributed by atoms with Crippen molar-refractivity contribution in [3.05, 3.63) is 0 Å². The van der Waals surface area contributed by atoms with Crippen LogP contribution in [0.3, 0.4) is 0 Å². The van der Waals surface area contributed by atoms with Gasteiger partial charge in [0, 0.05) is 19.2 Å². The Kier molecular flexibility index (Phi) is 6.84. The zero-order valence-corrected chi connectivity index (χ0v) is 6.08. The Balaban J connectivity index is 3.09. The van der Waals surface area contributed by atoms with Crippen molar-refractivity contribution in [1.82, 2.24) is 5.32 Å². The van der Waals surface area contributed by atoms with Gasteiger partial charge in [-0.15, -0.1) is 0 Å². The summed E-state index contributed by atoms with van der Waals surface area (Å²) in [5, 5.41) is 20.0. The summed E-state index contributed by atoms with van der Waals surface area (Å²) in [5.74, 6) is 0. The van der Waals surface area contributed by atoms with Gasteiger partial charge in [-0.05, 0) is 13.0 Å². The molecule has 5 N–H and O–H groups in total. The number of aliphatic hydroxyl groups excluding tert-OH is 2. The number of aliphatic hydroxyl groups is 2. The van der Waals surface area contributed by atoms with E-state index in [1.165, 1.54) is 0 Å². The number of rotatable bonds is 6. The van der Waals surface area contributed by atoms with Gasteiger partial charge in [-0.1, -0.05) is 0 Å². The van der Waals surface area contributed by atoms with E-state index in [0.29, 0.717) is 19.5 Å². The standard InChI is InChI=1S/C6H16N2O2/c7-4-6(5-10)8-2-1-3-9/h6,8-10H,1-5,7H2. The third-order valence-corrected chi connectivity index (χ3v) is 1.27. The van der Waals surface area contributed by atoms with Gasteiger partial charge in [-0.3, -0.25) is 0 Å². The van der Waals surface area contributed by atoms with Gasteiger partial charge in [0.1, 0.15) is 0 Å². The molecule has 0 spiro atoms. The fraction of sp³-hybridized carbons (Fsp3) is 1.00. The van der Waals surface area contributed by atoms with E-state index >= 15 is 0 Å². The minimum Gasteiger partial charge on any atom is -0.396 e. The van der Waals surface area contributed by atoms with Crippen molar-refractivity contribution >= 4 is 0 Å². The van der Waals surface area contributed by atoms with Crippen LogP contribution < -0.4 is 11.1 Å². The molecule has 10 heavy (non-hydrogen) atoms. The average molecular weight is 148 g/mol. The first kappa shape index (κ1) is 9.84. The summed E-state index contributed by atoms with van der Waals surface area (Å²) in [6, 6.07) is -0.0217. The Bertz CT molecular complexity index is 66.8. The maximum absolute atomic E-state index is 8.62. The smallest absolute Gasteiger partial charge is 0.0597 e. The number of hydrogen-bond acceptors (Lipinski definition) is 4. The average Bonchev–Trinajstić information content (AvgIpc) is 1.99. The quantitative estimate of drug-likeness (QED) is 0.338. The molecular formula is C6H16N2O2. The topological polar surface area (TPSA) is 78.5 Å². The van der Waals surface area contributed by atoms with Crippen LogP contribution in [-0.4, -0.2) is 42.6 Å². The number of nitrogens with one attached hydrogen (secondary N) is 1. The molecule has 4 nitrogen and oxygen atoms in total. The van der Waals surface area contributed by atoms with Crippen molar-refractivity contribution in [2.45, 2.75) is 12.5 Å². The van der Waals surface area contributed by atoms with E-state index in [0.717, 1.165) is 0 Å². The molecule has 0 aliphatic rings. The first-order valence-electron chi connectivity index (χ1n) is 3.50. The second-order valence-electron chi connectivity index (χ2n) is 2.15. The van der Waals surface area contributed by atoms with Crippen LogP contribution in [0.25, 0.3) is 0 Å². The summed E-state index contributed by atoms with van der Waals surface area (Å²) >= 11 is 0. The third kappa shape index (κ3) is 4.69. The number of nitrogens with two attached hydrogens (primary N) is 1. The molecule has 0 fully saturated rings. The molecule has 0 amide bonds. The van der Waals surface area contributed by atoms with Crippen LogP contribution in [-0.2, 0) is 0 Å². The lowest BCUT2D eigenvalue weighted by Gasteiger charge is -2.12. The zero-order valence-electron chi connectivity index (χ0n) is 6.08. The monoisotopic (exact) mass is 148 g/mol. The first-order valence-corrected chi connectivity index (χ1v) is 3.50. The van der Waals surface area contributed by atoms with Gasteiger partial charge in [0.25, 0.3) is 0 Å². The SMILES string of the molecule is NCC(CO)NCCCO. The summed E-state index contributed by atoms with van der Waals surface area (Å²) in [4.78, 5) is 0. The molecule has 0 bridgehead atoms. The van der Waals surface area contributed by atoms with Gasteiger partial charge in [0.2, 0.25) is 0 Å². The largest absolute Gasteiger partial charge is 0.396 e. The van der Waals surface area contributed by atoms with Gasteiger partial charge in [-0.2, -0.15) is 0 Å². The molecule has 0 aromatic rings. The maximum atomic E-state index is 8.62. The highest BCUT2D eigenvalue weighted by Crippen LogP contribution is 1.78. The van der Waals surface area contributed by atoms with Crippen molar-refractivity contribution in [2.75, 3.05) is 26.3 Å². The van der Waals surface area contributed by atoms with E-state index in [1.54, 1.807) is 0 Å². The van der Waals surface area contributed by atoms with Gasteiger partial charge < -0.3 is 21.3 Å². The molecule has 0 rings (SSSR count). The predicted octanol–water partition coefficient (Wildman–Crippen LogP) is -1.72. The fourth-order valence-corrected chi connectivity index (χ4v) is 0.608. The van der Waals surface area contributed by atoms with E-state index < -0.39 is 0 Å². The van der Waals surface area contributed by atoms with Crippen molar-refractivity contribution in [3.63, 3.8) is 0 Å². The van der Waals surface area contributed by atoms with E-state index in [-0.39, 0.29) is 19.3 Å². The third-order valence-electron chi connectivity index (χ3n) is 1.27. The number of hydrogen-bond donors (Lipinski definition) is 4. The molecule has 0 radical (unpaired) electrons. The van der Waals surface area contributed by atoms with Crippen molar-refractivity contribution in [3.8, 4) is 0 Å². The van der Waals surface area contributed by atoms with Crippen LogP contribution >= 0.6 is 0 Å². The minimum atomic E-state index is -0.0217. The lowest BCUT2D eigenvalue weighted by Crippen LogP contribution is -2.39. The van der Waals surface area contributed by atoms with Crippen LogP contribution in [0.1, 0.15) is 6.42 Å². The molecule has 0 aromatic heterocycles. The van der Waals surface area contributed by atoms with Crippen molar-refractivity contribution in [1.29, 1.82) is 0 Å². The molecule has 0 saturated heterocycles. The molecule has 1 atom stereocenters. The van der Waals surface area contributed by atoms with Crippen LogP contribution in [0.4, 0.5) is 0 Å². The maximum Gasteiger partial charge on any atom is 0.0597 e. The molecule has 0 aliphatic carbocycles. The molecule has 4 heteroatoms. The summed E-state index contributed by atoms with van der Waals surface area (Å²) in [7, 11) is 0. The van der Waals surface area contributed by atoms with Crippen LogP contribution in [0, 0.1) is 0 Å². The Morgan fingerprint density at radius 1 is 1.40 bits per heavy atom. The Morgan fingerprint density at radius 2 is 2.10 bits per heavy atom. The highest BCUT2D eigenvalue weighted by Gasteiger charge is 2.00. The summed E-state index contributed by atoms with van der Waals surface area (Å²) in [6.45, 7) is 1.37. The Morgan fingerprint density at radius 3 is 2.50 bits per heavy atom. The lowest BCUT2D eigenvalue weighted by molar-refractivity contribution is 0.237. The second-order valence-corrected chi connectivity index (χ2v) is 2.15. The highest BCUT2D eigenvalue weighted by atomic mass is 16.3. The summed E-state index contributed by atoms with van der Waals surface area (Å²) in [5.41, 5.74) is 5.28.